The van der Waals surface area contributed by atoms with Gasteiger partial charge in [-0.05, 0) is 30.6 Å². The van der Waals surface area contributed by atoms with Gasteiger partial charge in [-0.3, -0.25) is 9.59 Å². The lowest BCUT2D eigenvalue weighted by atomic mass is 10.1. The number of Topliss-reactive ketones (excluding diaryl/α,β-unsaturated/α-hetero) is 1. The summed E-state index contributed by atoms with van der Waals surface area (Å²) < 4.78 is 30.9. The largest absolute Gasteiger partial charge is 0.379 e. The maximum Gasteiger partial charge on any atom is 0.220 e. The summed E-state index contributed by atoms with van der Waals surface area (Å²) in [6, 6.07) is 6.85. The van der Waals surface area contributed by atoms with Crippen LogP contribution >= 0.6 is 9.93 Å². The number of hydrogen-bond acceptors (Lipinski definition) is 5. The van der Waals surface area contributed by atoms with Crippen LogP contribution in [0, 0.1) is 12.8 Å². The summed E-state index contributed by atoms with van der Waals surface area (Å²) in [6.07, 6.45) is 0.555. The van der Waals surface area contributed by atoms with Crippen molar-refractivity contribution in [3.63, 3.8) is 0 Å². The lowest BCUT2D eigenvalue weighted by molar-refractivity contribution is -0.123. The number of ether oxygens (including phenoxy) is 1. The average Bonchev–Trinajstić information content (AvgIpc) is 2.64. The van der Waals surface area contributed by atoms with E-state index in [-0.39, 0.29) is 24.0 Å². The Balaban J connectivity index is 2.36. The monoisotopic (exact) mass is 431 g/mol. The van der Waals surface area contributed by atoms with Crippen LogP contribution in [0.5, 0.6) is 0 Å². The molecule has 1 aromatic rings. The third-order valence-corrected chi connectivity index (χ3v) is 11.3. The van der Waals surface area contributed by atoms with Gasteiger partial charge in [-0.1, -0.05) is 38.5 Å². The van der Waals surface area contributed by atoms with Crippen molar-refractivity contribution >= 4 is 30.5 Å². The van der Waals surface area contributed by atoms with E-state index in [0.717, 1.165) is 5.56 Å². The first-order chi connectivity index (χ1) is 13.2. The molecule has 1 N–H and O–H groups in total. The molecule has 0 bridgehead atoms. The molecule has 28 heavy (non-hydrogen) atoms. The van der Waals surface area contributed by atoms with Crippen molar-refractivity contribution < 1.29 is 22.7 Å². The Bertz CT molecular complexity index is 729. The van der Waals surface area contributed by atoms with Crippen molar-refractivity contribution in [3.05, 3.63) is 29.8 Å². The van der Waals surface area contributed by atoms with Gasteiger partial charge in [-0.2, -0.15) is 0 Å². The summed E-state index contributed by atoms with van der Waals surface area (Å²) in [4.78, 5) is 23.8. The molecule has 1 atom stereocenters. The van der Waals surface area contributed by atoms with Crippen LogP contribution in [0.2, 0.25) is 0 Å². The zero-order chi connectivity index (χ0) is 21.2. The predicted octanol–water partition coefficient (Wildman–Crippen LogP) is 2.84. The number of aryl methyl sites for hydroxylation is 1. The number of nitrogens with one attached hydrogen (secondary N) is 1. The zero-order valence-electron chi connectivity index (χ0n) is 17.2. The van der Waals surface area contributed by atoms with Crippen molar-refractivity contribution in [1.29, 1.82) is 0 Å². The molecule has 160 valence electrons. The molecule has 0 fully saturated rings. The number of amides is 1. The van der Waals surface area contributed by atoms with E-state index in [2.05, 4.69) is 5.32 Å². The minimum Gasteiger partial charge on any atom is -0.379 e. The molecular weight excluding hydrogens is 398 g/mol. The van der Waals surface area contributed by atoms with Crippen LogP contribution in [-0.4, -0.2) is 51.4 Å². The van der Waals surface area contributed by atoms with Gasteiger partial charge in [-0.15, -0.1) is 9.93 Å². The maximum absolute atomic E-state index is 12.8. The van der Waals surface area contributed by atoms with Gasteiger partial charge in [0, 0.05) is 25.3 Å². The van der Waals surface area contributed by atoms with E-state index in [1.165, 1.54) is 0 Å². The van der Waals surface area contributed by atoms with Crippen molar-refractivity contribution in [3.8, 4) is 0 Å². The number of thiol groups is 1. The molecular formula is C20H33NO5S2. The third-order valence-electron chi connectivity index (χ3n) is 4.31. The zero-order valence-corrected chi connectivity index (χ0v) is 18.9. The highest BCUT2D eigenvalue weighted by atomic mass is 33.2. The fourth-order valence-electron chi connectivity index (χ4n) is 2.45. The predicted molar refractivity (Wildman–Crippen MR) is 116 cm³/mol. The van der Waals surface area contributed by atoms with E-state index >= 15 is 0 Å². The Labute approximate surface area is 171 Å². The number of carbonyl (C=O) groups is 2. The molecule has 0 aliphatic rings. The minimum absolute atomic E-state index is 0.00736. The van der Waals surface area contributed by atoms with Crippen LogP contribution in [0.25, 0.3) is 0 Å². The van der Waals surface area contributed by atoms with Crippen molar-refractivity contribution in [2.24, 2.45) is 5.92 Å². The van der Waals surface area contributed by atoms with Gasteiger partial charge in [0.1, 0.15) is 5.78 Å². The first-order valence-corrected chi connectivity index (χ1v) is 13.4. The molecule has 0 spiro atoms. The number of rotatable bonds is 13. The van der Waals surface area contributed by atoms with Crippen LogP contribution in [-0.2, 0) is 23.2 Å². The van der Waals surface area contributed by atoms with Crippen LogP contribution in [0.4, 0.5) is 0 Å². The van der Waals surface area contributed by atoms with Gasteiger partial charge in [0.15, 0.2) is 0 Å². The fourth-order valence-corrected chi connectivity index (χ4v) is 7.85. The Morgan fingerprint density at radius 2 is 1.75 bits per heavy atom. The summed E-state index contributed by atoms with van der Waals surface area (Å²) in [5.41, 5.74) is 1.01. The van der Waals surface area contributed by atoms with E-state index in [1.807, 2.05) is 27.7 Å². The van der Waals surface area contributed by atoms with Gasteiger partial charge in [0.25, 0.3) is 0 Å². The van der Waals surface area contributed by atoms with Gasteiger partial charge in [0.05, 0.1) is 18.1 Å². The topological polar surface area (TPSA) is 89.5 Å². The molecule has 0 heterocycles. The summed E-state index contributed by atoms with van der Waals surface area (Å²) >= 11 is 0. The molecule has 0 aromatic heterocycles. The second-order valence-corrected chi connectivity index (χ2v) is 13.3. The molecule has 0 aliphatic heterocycles. The van der Waals surface area contributed by atoms with E-state index in [1.54, 1.807) is 24.3 Å². The lowest BCUT2D eigenvalue weighted by Crippen LogP contribution is -2.28. The standard InChI is InChI=1S/C20H33NO5S2/c1-5-27(28(24,25)18-8-6-17(4)7-9-18)15-11-20(23)21-12-14-26-13-10-19(22)16(2)3/h6-9,16,27H,5,10-15H2,1-4H3,(H,21,23). The quantitative estimate of drug-likeness (QED) is 0.285. The number of hydrogen-bond donors (Lipinski definition) is 2. The molecule has 0 saturated carbocycles. The fraction of sp³-hybridized carbons (Fsp3) is 0.600. The first kappa shape index (κ1) is 24.7. The van der Waals surface area contributed by atoms with Crippen LogP contribution in [0.3, 0.4) is 0 Å². The Hall–Kier alpha value is -1.38. The van der Waals surface area contributed by atoms with Gasteiger partial charge in [0.2, 0.25) is 14.8 Å². The lowest BCUT2D eigenvalue weighted by Gasteiger charge is -2.20. The molecule has 6 nitrogen and oxygen atoms in total. The SMILES string of the molecule is CC[SH](CCC(=O)NCCOCCC(=O)C(C)C)S(=O)(=O)c1ccc(C)cc1. The van der Waals surface area contributed by atoms with E-state index in [0.29, 0.717) is 42.6 Å². The summed E-state index contributed by atoms with van der Waals surface area (Å²) in [5, 5.41) is 2.74. The summed E-state index contributed by atoms with van der Waals surface area (Å²) in [6.45, 7) is 8.50. The molecule has 1 rings (SSSR count). The van der Waals surface area contributed by atoms with Crippen LogP contribution in [0.1, 0.15) is 39.2 Å². The molecule has 0 aliphatic carbocycles. The van der Waals surface area contributed by atoms with E-state index in [9.17, 15) is 18.0 Å². The Morgan fingerprint density at radius 3 is 2.32 bits per heavy atom. The summed E-state index contributed by atoms with van der Waals surface area (Å²) in [5.74, 6) is 0.852. The molecule has 0 saturated heterocycles. The Morgan fingerprint density at radius 1 is 1.11 bits per heavy atom. The third kappa shape index (κ3) is 8.32. The van der Waals surface area contributed by atoms with Crippen molar-refractivity contribution in [2.75, 3.05) is 31.3 Å². The molecule has 0 radical (unpaired) electrons. The Kier molecular flexibility index (Phi) is 10.8. The second-order valence-electron chi connectivity index (χ2n) is 6.89. The van der Waals surface area contributed by atoms with Gasteiger partial charge in [-0.25, -0.2) is 8.42 Å². The van der Waals surface area contributed by atoms with E-state index in [4.69, 9.17) is 4.74 Å². The molecule has 1 unspecified atom stereocenters. The normalized spacial score (nSPS) is 13.4. The van der Waals surface area contributed by atoms with Crippen LogP contribution in [0.15, 0.2) is 29.2 Å². The molecule has 1 amide bonds. The second kappa shape index (κ2) is 12.2. The first-order valence-electron chi connectivity index (χ1n) is 9.62. The van der Waals surface area contributed by atoms with Gasteiger partial charge < -0.3 is 10.1 Å². The van der Waals surface area contributed by atoms with Gasteiger partial charge >= 0.3 is 0 Å². The number of benzene rings is 1. The highest BCUT2D eigenvalue weighted by molar-refractivity contribution is 8.81. The maximum atomic E-state index is 12.8. The number of ketones is 1. The number of carbonyl (C=O) groups excluding carboxylic acids is 2. The highest BCUT2D eigenvalue weighted by Gasteiger charge is 2.22. The van der Waals surface area contributed by atoms with Crippen molar-refractivity contribution in [2.45, 2.75) is 45.4 Å². The molecule has 8 heteroatoms. The van der Waals surface area contributed by atoms with Crippen molar-refractivity contribution in [1.82, 2.24) is 5.32 Å². The summed E-state index contributed by atoms with van der Waals surface area (Å²) in [7, 11) is -4.70. The van der Waals surface area contributed by atoms with Crippen LogP contribution < -0.4 is 5.32 Å². The van der Waals surface area contributed by atoms with E-state index < -0.39 is 18.8 Å². The minimum atomic E-state index is -3.38. The average molecular weight is 432 g/mol. The smallest absolute Gasteiger partial charge is 0.220 e. The highest BCUT2D eigenvalue weighted by Crippen LogP contribution is 2.38. The molecule has 1 aromatic carbocycles.